The van der Waals surface area contributed by atoms with Crippen LogP contribution in [0.2, 0.25) is 0 Å². The minimum Gasteiger partial charge on any atom is -0.504 e. The number of carbonyl (C=O) groups is 1. The molecule has 0 aliphatic carbocycles. The molecule has 0 aliphatic heterocycles. The molecule has 0 radical (unpaired) electrons. The van der Waals surface area contributed by atoms with Crippen molar-refractivity contribution in [1.29, 1.82) is 0 Å². The smallest absolute Gasteiger partial charge is 0.247 e. The second-order valence-corrected chi connectivity index (χ2v) is 8.20. The molecule has 1 aromatic heterocycles. The number of amides is 1. The first-order chi connectivity index (χ1) is 15.9. The number of benzene rings is 3. The lowest BCUT2D eigenvalue weighted by molar-refractivity contribution is -0.128. The molecule has 0 saturated heterocycles. The fraction of sp³-hybridized carbons (Fsp3) is 0.222. The number of fused-ring (bicyclic) bond motifs is 3. The van der Waals surface area contributed by atoms with Gasteiger partial charge >= 0.3 is 0 Å². The summed E-state index contributed by atoms with van der Waals surface area (Å²) in [6, 6.07) is 17.1. The minimum atomic E-state index is -0.0874. The summed E-state index contributed by atoms with van der Waals surface area (Å²) < 4.78 is 10.5. The van der Waals surface area contributed by atoms with Crippen LogP contribution >= 0.6 is 0 Å². The van der Waals surface area contributed by atoms with Crippen LogP contribution in [0.4, 0.5) is 0 Å². The predicted molar refractivity (Wildman–Crippen MR) is 132 cm³/mol. The van der Waals surface area contributed by atoms with Gasteiger partial charge in [-0.25, -0.2) is 0 Å². The molecule has 4 rings (SSSR count). The average Bonchev–Trinajstić information content (AvgIpc) is 3.19. The molecule has 6 heteroatoms. The molecule has 0 atom stereocenters. The molecule has 0 aliphatic rings. The summed E-state index contributed by atoms with van der Waals surface area (Å²) in [6.07, 6.45) is 3.30. The number of H-pyrrole nitrogens is 1. The number of rotatable bonds is 7. The quantitative estimate of drug-likeness (QED) is 0.370. The van der Waals surface area contributed by atoms with E-state index in [1.807, 2.05) is 43.0 Å². The van der Waals surface area contributed by atoms with Gasteiger partial charge in [0.1, 0.15) is 5.75 Å². The van der Waals surface area contributed by atoms with Crippen molar-refractivity contribution in [3.63, 3.8) is 0 Å². The molecule has 0 bridgehead atoms. The lowest BCUT2D eigenvalue weighted by Crippen LogP contribution is -2.35. The van der Waals surface area contributed by atoms with Gasteiger partial charge in [0.15, 0.2) is 11.5 Å². The van der Waals surface area contributed by atoms with Crippen LogP contribution in [-0.4, -0.2) is 41.2 Å². The lowest BCUT2D eigenvalue weighted by Gasteiger charge is -2.26. The Morgan fingerprint density at radius 2 is 1.88 bits per heavy atom. The van der Waals surface area contributed by atoms with Crippen molar-refractivity contribution >= 4 is 33.8 Å². The van der Waals surface area contributed by atoms with Gasteiger partial charge in [0.2, 0.25) is 5.91 Å². The summed E-state index contributed by atoms with van der Waals surface area (Å²) in [7, 11) is 3.15. The molecular formula is C27H28N2O4. The monoisotopic (exact) mass is 444 g/mol. The molecule has 0 spiro atoms. The summed E-state index contributed by atoms with van der Waals surface area (Å²) in [5.74, 6) is 1.14. The Bertz CT molecular complexity index is 1340. The fourth-order valence-electron chi connectivity index (χ4n) is 4.03. The Kier molecular flexibility index (Phi) is 6.27. The average molecular weight is 445 g/mol. The molecule has 0 unspecified atom stereocenters. The molecule has 3 aromatic carbocycles. The van der Waals surface area contributed by atoms with Crippen LogP contribution in [0, 0.1) is 0 Å². The Morgan fingerprint density at radius 3 is 2.61 bits per heavy atom. The molecular weight excluding hydrogens is 416 g/mol. The SMILES string of the molecule is COc1ccc2c(c1)[nH]c1cccc(CN(C(=O)/C=C/c3ccc(O)c(OC)c3)C(C)C)c12. The number of phenols is 1. The van der Waals surface area contributed by atoms with E-state index in [-0.39, 0.29) is 17.7 Å². The van der Waals surface area contributed by atoms with Crippen molar-refractivity contribution in [2.75, 3.05) is 14.2 Å². The first kappa shape index (κ1) is 22.3. The van der Waals surface area contributed by atoms with Crippen molar-refractivity contribution in [3.8, 4) is 17.2 Å². The van der Waals surface area contributed by atoms with E-state index in [0.29, 0.717) is 12.3 Å². The number of methoxy groups -OCH3 is 2. The molecule has 4 aromatic rings. The van der Waals surface area contributed by atoms with Crippen LogP contribution in [0.15, 0.2) is 60.7 Å². The number of hydrogen-bond donors (Lipinski definition) is 2. The van der Waals surface area contributed by atoms with Crippen molar-refractivity contribution < 1.29 is 19.4 Å². The number of aromatic amines is 1. The molecule has 170 valence electrons. The Balaban J connectivity index is 1.65. The molecule has 1 heterocycles. The molecule has 1 amide bonds. The van der Waals surface area contributed by atoms with Gasteiger partial charge in [0.05, 0.1) is 19.7 Å². The van der Waals surface area contributed by atoms with Gasteiger partial charge in [-0.2, -0.15) is 0 Å². The number of nitrogens with zero attached hydrogens (tertiary/aromatic N) is 1. The summed E-state index contributed by atoms with van der Waals surface area (Å²) in [5, 5.41) is 12.0. The Morgan fingerprint density at radius 1 is 1.06 bits per heavy atom. The molecule has 2 N–H and O–H groups in total. The zero-order valence-corrected chi connectivity index (χ0v) is 19.3. The van der Waals surface area contributed by atoms with Crippen LogP contribution in [0.1, 0.15) is 25.0 Å². The first-order valence-electron chi connectivity index (χ1n) is 10.8. The summed E-state index contributed by atoms with van der Waals surface area (Å²) in [6.45, 7) is 4.50. The van der Waals surface area contributed by atoms with E-state index in [9.17, 15) is 9.90 Å². The van der Waals surface area contributed by atoms with E-state index in [1.165, 1.54) is 7.11 Å². The molecule has 33 heavy (non-hydrogen) atoms. The van der Waals surface area contributed by atoms with E-state index in [2.05, 4.69) is 17.1 Å². The van der Waals surface area contributed by atoms with Gasteiger partial charge in [-0.05, 0) is 61.4 Å². The van der Waals surface area contributed by atoms with Crippen molar-refractivity contribution in [2.24, 2.45) is 0 Å². The van der Waals surface area contributed by atoms with E-state index in [0.717, 1.165) is 38.7 Å². The number of aromatic nitrogens is 1. The second-order valence-electron chi connectivity index (χ2n) is 8.20. The highest BCUT2D eigenvalue weighted by Gasteiger charge is 2.18. The highest BCUT2D eigenvalue weighted by atomic mass is 16.5. The second kappa shape index (κ2) is 9.28. The predicted octanol–water partition coefficient (Wildman–Crippen LogP) is 5.49. The van der Waals surface area contributed by atoms with Gasteiger partial charge < -0.3 is 24.5 Å². The van der Waals surface area contributed by atoms with E-state index < -0.39 is 0 Å². The van der Waals surface area contributed by atoms with Crippen LogP contribution < -0.4 is 9.47 Å². The topological polar surface area (TPSA) is 74.8 Å². The maximum absolute atomic E-state index is 13.1. The zero-order chi connectivity index (χ0) is 23.5. The number of ether oxygens (including phenoxy) is 2. The fourth-order valence-corrected chi connectivity index (χ4v) is 4.03. The third kappa shape index (κ3) is 4.51. The summed E-state index contributed by atoms with van der Waals surface area (Å²) in [5.41, 5.74) is 3.87. The van der Waals surface area contributed by atoms with Crippen LogP contribution in [0.25, 0.3) is 27.9 Å². The van der Waals surface area contributed by atoms with Gasteiger partial charge in [0.25, 0.3) is 0 Å². The Labute approximate surface area is 193 Å². The first-order valence-corrected chi connectivity index (χ1v) is 10.8. The number of nitrogens with one attached hydrogen (secondary N) is 1. The highest BCUT2D eigenvalue weighted by molar-refractivity contribution is 6.09. The van der Waals surface area contributed by atoms with E-state index >= 15 is 0 Å². The molecule has 0 saturated carbocycles. The van der Waals surface area contributed by atoms with E-state index in [1.54, 1.807) is 37.5 Å². The van der Waals surface area contributed by atoms with Crippen LogP contribution in [-0.2, 0) is 11.3 Å². The van der Waals surface area contributed by atoms with Crippen molar-refractivity contribution in [3.05, 3.63) is 71.8 Å². The Hall–Kier alpha value is -3.93. The van der Waals surface area contributed by atoms with Crippen LogP contribution in [0.3, 0.4) is 0 Å². The minimum absolute atomic E-state index is 0.0112. The number of hydrogen-bond acceptors (Lipinski definition) is 4. The maximum atomic E-state index is 13.1. The highest BCUT2D eigenvalue weighted by Crippen LogP contribution is 2.32. The molecule has 0 fully saturated rings. The van der Waals surface area contributed by atoms with Crippen molar-refractivity contribution in [1.82, 2.24) is 9.88 Å². The van der Waals surface area contributed by atoms with Gasteiger partial charge in [-0.3, -0.25) is 4.79 Å². The van der Waals surface area contributed by atoms with Crippen LogP contribution in [0.5, 0.6) is 17.2 Å². The third-order valence-corrected chi connectivity index (χ3v) is 5.79. The van der Waals surface area contributed by atoms with Gasteiger partial charge in [-0.1, -0.05) is 18.2 Å². The number of aromatic hydroxyl groups is 1. The number of phenolic OH excluding ortho intramolecular Hbond substituents is 1. The zero-order valence-electron chi connectivity index (χ0n) is 19.3. The lowest BCUT2D eigenvalue weighted by atomic mass is 10.0. The largest absolute Gasteiger partial charge is 0.504 e. The van der Waals surface area contributed by atoms with Gasteiger partial charge in [0, 0.05) is 41.0 Å². The standard InChI is InChI=1S/C27H28N2O4/c1-17(2)29(26(31)13-9-18-8-12-24(30)25(14-18)33-4)16-19-6-5-7-22-27(19)21-11-10-20(32-3)15-23(21)28-22/h5-15,17,28,30H,16H2,1-4H3/b13-9+. The summed E-state index contributed by atoms with van der Waals surface area (Å²) >= 11 is 0. The normalized spacial score (nSPS) is 11.5. The number of carbonyl (C=O) groups excluding carboxylic acids is 1. The maximum Gasteiger partial charge on any atom is 0.247 e. The van der Waals surface area contributed by atoms with E-state index in [4.69, 9.17) is 9.47 Å². The van der Waals surface area contributed by atoms with Crippen molar-refractivity contribution in [2.45, 2.75) is 26.4 Å². The third-order valence-electron chi connectivity index (χ3n) is 5.79. The van der Waals surface area contributed by atoms with Gasteiger partial charge in [-0.15, -0.1) is 0 Å². The molecule has 6 nitrogen and oxygen atoms in total. The summed E-state index contributed by atoms with van der Waals surface area (Å²) in [4.78, 5) is 18.4.